The van der Waals surface area contributed by atoms with Gasteiger partial charge in [-0.3, -0.25) is 9.59 Å². The fourth-order valence-electron chi connectivity index (χ4n) is 14.3. The average Bonchev–Trinajstić information content (AvgIpc) is 0.770. The van der Waals surface area contributed by atoms with Gasteiger partial charge < -0.3 is 159 Å². The summed E-state index contributed by atoms with van der Waals surface area (Å²) in [6, 6.07) is -2.90. The summed E-state index contributed by atoms with van der Waals surface area (Å²) in [5, 5.41) is 206. The van der Waals surface area contributed by atoms with E-state index in [4.69, 9.17) is 56.8 Å². The number of rotatable bonds is 48. The van der Waals surface area contributed by atoms with Gasteiger partial charge in [0, 0.05) is 13.3 Å². The molecule has 20 N–H and O–H groups in total. The SMILES string of the molecule is CCCCCCCCCCCCC/C=C/[C@@H](O)[C@H](CO[C@@H]1OC(CO)[C@@H](O[C@@H]2OC(CO)[C@H](O)[C@H](O[C@H]3OC(CO)[C@H](O)[C@H](O[C@@H]4OC(CO)[C@H](O)[C@H](O[C@@H]5OC(CO)[C@H](O)[C@H](O)C5O[C@H]5OC(C)[C@@H](O)C(O)[C@@H]5O)C4NC(C)=O)C3O)C2O)[C@H](O)C1O)NC(=O)CCCCCCCCCCCCCCC. The zero-order valence-corrected chi connectivity index (χ0v) is 62.0. The first-order valence-corrected chi connectivity index (χ1v) is 38.8. The predicted molar refractivity (Wildman–Crippen MR) is 372 cm³/mol. The second kappa shape index (κ2) is 48.5. The molecule has 6 aliphatic rings. The molecule has 6 saturated heterocycles. The van der Waals surface area contributed by atoms with E-state index in [-0.39, 0.29) is 12.3 Å². The normalized spacial score (nSPS) is 38.7. The average molecular weight is 1540 g/mol. The van der Waals surface area contributed by atoms with Crippen molar-refractivity contribution in [3.8, 4) is 0 Å². The molecule has 6 fully saturated rings. The van der Waals surface area contributed by atoms with E-state index in [1.165, 1.54) is 103 Å². The lowest BCUT2D eigenvalue weighted by Crippen LogP contribution is -2.70. The molecule has 0 radical (unpaired) electrons. The van der Waals surface area contributed by atoms with Crippen molar-refractivity contribution in [3.63, 3.8) is 0 Å². The standard InChI is InChI=1S/C72H130N2O32/c1-5-7-9-11-13-15-17-19-21-23-25-27-29-31-42(81)41(74-48(82)32-30-28-26-24-22-20-18-16-14-12-10-8-6-2)38-95-68-59(92)57(90)62(47(37-79)101-68)102-70-61(94)65(54(87)46(36-78)98-70)105-71-60(93)64(53(86)45(35-77)99-71)104-67-49(73-40(4)80)63(52(85)44(34-76)97-67)103-72-66(56(89)51(84)43(33-75)100-72)106-69-58(91)55(88)50(83)39(3)96-69/h29,31,39,41-47,49-72,75-79,81,83-94H,5-28,30,32-38H2,1-4H3,(H,73,80)(H,74,82)/b31-29+/t39?,41-,42+,43?,44?,45?,46?,47?,49?,50+,51-,52-,53-,54-,55?,56-,57+,58-,59?,60?,61?,62+,63+,64-,65-,66?,67-,68+,69+,70-,71+,72-/m0/s1. The van der Waals surface area contributed by atoms with Crippen LogP contribution in [0.15, 0.2) is 12.2 Å². The summed E-state index contributed by atoms with van der Waals surface area (Å²) in [6.07, 6.45) is -25.0. The van der Waals surface area contributed by atoms with Gasteiger partial charge in [-0.1, -0.05) is 167 Å². The lowest BCUT2D eigenvalue weighted by Gasteiger charge is -2.51. The largest absolute Gasteiger partial charge is 0.394 e. The van der Waals surface area contributed by atoms with E-state index in [1.807, 2.05) is 6.08 Å². The molecule has 6 rings (SSSR count). The van der Waals surface area contributed by atoms with Crippen molar-refractivity contribution in [2.75, 3.05) is 39.6 Å². The van der Waals surface area contributed by atoms with Crippen LogP contribution in [0, 0.1) is 0 Å². The summed E-state index contributed by atoms with van der Waals surface area (Å²) < 4.78 is 70.8. The van der Waals surface area contributed by atoms with Crippen molar-refractivity contribution in [2.45, 2.75) is 391 Å². The maximum atomic E-state index is 13.5. The second-order valence-corrected chi connectivity index (χ2v) is 29.2. The Kier molecular flexibility index (Phi) is 42.3. The summed E-state index contributed by atoms with van der Waals surface area (Å²) in [5.41, 5.74) is 0. The number of amides is 2. The smallest absolute Gasteiger partial charge is 0.220 e. The fourth-order valence-corrected chi connectivity index (χ4v) is 14.3. The first-order valence-electron chi connectivity index (χ1n) is 38.8. The van der Waals surface area contributed by atoms with Crippen LogP contribution in [0.2, 0.25) is 0 Å². The molecule has 0 spiro atoms. The highest BCUT2D eigenvalue weighted by molar-refractivity contribution is 5.76. The lowest BCUT2D eigenvalue weighted by molar-refractivity contribution is -0.394. The Balaban J connectivity index is 1.12. The van der Waals surface area contributed by atoms with Crippen molar-refractivity contribution >= 4 is 11.8 Å². The summed E-state index contributed by atoms with van der Waals surface area (Å²) in [7, 11) is 0. The van der Waals surface area contributed by atoms with Gasteiger partial charge >= 0.3 is 0 Å². The first-order chi connectivity index (χ1) is 50.9. The highest BCUT2D eigenvalue weighted by atomic mass is 16.8. The minimum Gasteiger partial charge on any atom is -0.394 e. The number of unbranched alkanes of at least 4 members (excludes halogenated alkanes) is 23. The second-order valence-electron chi connectivity index (χ2n) is 29.2. The van der Waals surface area contributed by atoms with Crippen LogP contribution in [0.5, 0.6) is 0 Å². The van der Waals surface area contributed by atoms with Crippen molar-refractivity contribution in [3.05, 3.63) is 12.2 Å². The number of hydrogen-bond acceptors (Lipinski definition) is 32. The molecular weight excluding hydrogens is 1400 g/mol. The van der Waals surface area contributed by atoms with E-state index < -0.39 is 242 Å². The zero-order chi connectivity index (χ0) is 77.6. The van der Waals surface area contributed by atoms with E-state index in [0.717, 1.165) is 58.3 Å². The number of carbonyl (C=O) groups is 2. The van der Waals surface area contributed by atoms with Gasteiger partial charge in [-0.2, -0.15) is 0 Å². The van der Waals surface area contributed by atoms with E-state index >= 15 is 0 Å². The maximum absolute atomic E-state index is 13.5. The molecule has 106 heavy (non-hydrogen) atoms. The molecular formula is C72H130N2O32. The van der Waals surface area contributed by atoms with Crippen molar-refractivity contribution in [1.82, 2.24) is 10.6 Å². The van der Waals surface area contributed by atoms with Gasteiger partial charge in [-0.05, 0) is 26.2 Å². The number of hydrogen-bond donors (Lipinski definition) is 20. The lowest BCUT2D eigenvalue weighted by atomic mass is 9.94. The highest BCUT2D eigenvalue weighted by Crippen LogP contribution is 2.38. The molecule has 34 heteroatoms. The Hall–Kier alpha value is -2.52. The Morgan fingerprint density at radius 3 is 1.25 bits per heavy atom. The van der Waals surface area contributed by atoms with Crippen LogP contribution < -0.4 is 10.6 Å². The van der Waals surface area contributed by atoms with Crippen molar-refractivity contribution in [1.29, 1.82) is 0 Å². The number of aliphatic hydroxyl groups is 18. The summed E-state index contributed by atoms with van der Waals surface area (Å²) in [5.74, 6) is -1.22. The molecule has 0 bridgehead atoms. The van der Waals surface area contributed by atoms with Crippen LogP contribution in [0.25, 0.3) is 0 Å². The fraction of sp³-hybridized carbons (Fsp3) is 0.944. The monoisotopic (exact) mass is 1530 g/mol. The Labute approximate surface area is 621 Å². The molecule has 6 heterocycles. The summed E-state index contributed by atoms with van der Waals surface area (Å²) in [4.78, 5) is 26.5. The Bertz CT molecular complexity index is 2420. The predicted octanol–water partition coefficient (Wildman–Crippen LogP) is -2.32. The summed E-state index contributed by atoms with van der Waals surface area (Å²) >= 11 is 0. The van der Waals surface area contributed by atoms with Gasteiger partial charge in [0.1, 0.15) is 140 Å². The van der Waals surface area contributed by atoms with Gasteiger partial charge in [-0.25, -0.2) is 0 Å². The topological polar surface area (TPSA) is 533 Å². The van der Waals surface area contributed by atoms with Crippen LogP contribution in [0.3, 0.4) is 0 Å². The van der Waals surface area contributed by atoms with Crippen molar-refractivity contribution in [2.24, 2.45) is 0 Å². The molecule has 620 valence electrons. The maximum Gasteiger partial charge on any atom is 0.220 e. The van der Waals surface area contributed by atoms with E-state index in [1.54, 1.807) is 6.08 Å². The Morgan fingerprint density at radius 2 is 0.764 bits per heavy atom. The van der Waals surface area contributed by atoms with Gasteiger partial charge in [0.05, 0.1) is 57.9 Å². The molecule has 0 aromatic heterocycles. The van der Waals surface area contributed by atoms with Crippen LogP contribution in [-0.4, -0.2) is 340 Å². The van der Waals surface area contributed by atoms with Gasteiger partial charge in [-0.15, -0.1) is 0 Å². The van der Waals surface area contributed by atoms with E-state index in [2.05, 4.69) is 24.5 Å². The van der Waals surface area contributed by atoms with Gasteiger partial charge in [0.2, 0.25) is 11.8 Å². The third-order valence-electron chi connectivity index (χ3n) is 20.8. The molecule has 0 aliphatic carbocycles. The number of ether oxygens (including phenoxy) is 12. The van der Waals surface area contributed by atoms with Crippen LogP contribution in [0.4, 0.5) is 0 Å². The molecule has 12 unspecified atom stereocenters. The molecule has 2 amide bonds. The quantitative estimate of drug-likeness (QED) is 0.0225. The van der Waals surface area contributed by atoms with E-state index in [9.17, 15) is 102 Å². The molecule has 0 aromatic rings. The molecule has 0 aromatic carbocycles. The van der Waals surface area contributed by atoms with Gasteiger partial charge in [0.25, 0.3) is 0 Å². The van der Waals surface area contributed by atoms with E-state index in [0.29, 0.717) is 12.8 Å². The third kappa shape index (κ3) is 27.1. The zero-order valence-electron chi connectivity index (χ0n) is 62.0. The van der Waals surface area contributed by atoms with Crippen LogP contribution in [-0.2, 0) is 66.4 Å². The summed E-state index contributed by atoms with van der Waals surface area (Å²) in [6.45, 7) is 1.28. The van der Waals surface area contributed by atoms with Gasteiger partial charge in [0.15, 0.2) is 37.7 Å². The van der Waals surface area contributed by atoms with Crippen LogP contribution in [0.1, 0.15) is 195 Å². The molecule has 0 saturated carbocycles. The highest BCUT2D eigenvalue weighted by Gasteiger charge is 2.58. The first kappa shape index (κ1) is 92.3. The minimum absolute atomic E-state index is 0.176. The van der Waals surface area contributed by atoms with Crippen LogP contribution >= 0.6 is 0 Å². The number of carbonyl (C=O) groups excluding carboxylic acids is 2. The number of nitrogens with one attached hydrogen (secondary N) is 2. The minimum atomic E-state index is -2.29. The third-order valence-corrected chi connectivity index (χ3v) is 20.8. The molecule has 32 atom stereocenters. The molecule has 34 nitrogen and oxygen atoms in total. The number of aliphatic hydroxyl groups excluding tert-OH is 18. The Morgan fingerprint density at radius 1 is 0.387 bits per heavy atom. The number of allylic oxidation sites excluding steroid dienone is 1. The molecule has 6 aliphatic heterocycles. The van der Waals surface area contributed by atoms with Crippen molar-refractivity contribution < 1.29 is 158 Å².